The number of carbonyl (C=O) groups is 3. The Morgan fingerprint density at radius 3 is 2.70 bits per heavy atom. The molecule has 3 saturated carbocycles. The van der Waals surface area contributed by atoms with E-state index in [-0.39, 0.29) is 40.5 Å². The first-order valence-electron chi connectivity index (χ1n) is 10.4. The molecule has 27 heavy (non-hydrogen) atoms. The Hall–Kier alpha value is -1.77. The molecule has 0 spiro atoms. The van der Waals surface area contributed by atoms with Crippen LogP contribution < -0.4 is 0 Å². The molecule has 0 aliphatic heterocycles. The predicted octanol–water partition coefficient (Wildman–Crippen LogP) is 4.62. The van der Waals surface area contributed by atoms with E-state index in [1.165, 1.54) is 11.6 Å². The highest BCUT2D eigenvalue weighted by Gasteiger charge is 2.59. The standard InChI is InChI=1S/C24H30O3/c1-4-16(25)14-22(27)21-8-7-19-18-6-5-15-13-17(26)9-11-23(15,2)20(18)10-12-24(19,21)3/h4,9,11,13,18-21H,1,5-8,10,12,14H2,2-3H3/t18-,19-,20-,21+,23-,24-/m0/s1. The van der Waals surface area contributed by atoms with Gasteiger partial charge in [-0.25, -0.2) is 0 Å². The second-order valence-corrected chi connectivity index (χ2v) is 9.59. The van der Waals surface area contributed by atoms with Gasteiger partial charge in [-0.15, -0.1) is 0 Å². The summed E-state index contributed by atoms with van der Waals surface area (Å²) in [4.78, 5) is 36.4. The van der Waals surface area contributed by atoms with Gasteiger partial charge in [0, 0.05) is 11.3 Å². The monoisotopic (exact) mass is 366 g/mol. The topological polar surface area (TPSA) is 51.2 Å². The molecule has 0 aromatic carbocycles. The zero-order valence-electron chi connectivity index (χ0n) is 16.5. The van der Waals surface area contributed by atoms with Crippen molar-refractivity contribution in [1.29, 1.82) is 0 Å². The van der Waals surface area contributed by atoms with E-state index in [1.807, 2.05) is 6.08 Å². The van der Waals surface area contributed by atoms with E-state index in [0.29, 0.717) is 17.8 Å². The fourth-order valence-corrected chi connectivity index (χ4v) is 7.09. The van der Waals surface area contributed by atoms with E-state index < -0.39 is 0 Å². The molecule has 0 radical (unpaired) electrons. The molecule has 4 aliphatic rings. The van der Waals surface area contributed by atoms with Gasteiger partial charge >= 0.3 is 0 Å². The second-order valence-electron chi connectivity index (χ2n) is 9.59. The quantitative estimate of drug-likeness (QED) is 0.539. The van der Waals surface area contributed by atoms with Crippen LogP contribution in [0.3, 0.4) is 0 Å². The smallest absolute Gasteiger partial charge is 0.178 e. The molecule has 0 aromatic rings. The van der Waals surface area contributed by atoms with Crippen molar-refractivity contribution in [2.75, 3.05) is 0 Å². The van der Waals surface area contributed by atoms with Crippen molar-refractivity contribution in [3.63, 3.8) is 0 Å². The molecule has 0 amide bonds. The Bertz CT molecular complexity index is 772. The maximum atomic E-state index is 12.8. The van der Waals surface area contributed by atoms with Crippen LogP contribution in [0.15, 0.2) is 36.5 Å². The molecule has 3 heteroatoms. The molecule has 144 valence electrons. The van der Waals surface area contributed by atoms with E-state index in [0.717, 1.165) is 38.5 Å². The Kier molecular flexibility index (Phi) is 4.40. The maximum Gasteiger partial charge on any atom is 0.178 e. The summed E-state index contributed by atoms with van der Waals surface area (Å²) in [6, 6.07) is 0. The van der Waals surface area contributed by atoms with Crippen molar-refractivity contribution in [2.45, 2.75) is 58.8 Å². The fourth-order valence-electron chi connectivity index (χ4n) is 7.09. The van der Waals surface area contributed by atoms with Gasteiger partial charge in [0.2, 0.25) is 0 Å². The van der Waals surface area contributed by atoms with E-state index in [2.05, 4.69) is 26.5 Å². The summed E-state index contributed by atoms with van der Waals surface area (Å²) < 4.78 is 0. The minimum Gasteiger partial charge on any atom is -0.299 e. The molecule has 3 fully saturated rings. The van der Waals surface area contributed by atoms with Gasteiger partial charge in [-0.1, -0.05) is 32.1 Å². The van der Waals surface area contributed by atoms with E-state index in [4.69, 9.17) is 0 Å². The van der Waals surface area contributed by atoms with Crippen LogP contribution in [-0.2, 0) is 14.4 Å². The number of fused-ring (bicyclic) bond motifs is 5. The van der Waals surface area contributed by atoms with Crippen molar-refractivity contribution in [3.8, 4) is 0 Å². The lowest BCUT2D eigenvalue weighted by atomic mass is 9.47. The van der Waals surface area contributed by atoms with Gasteiger partial charge in [0.1, 0.15) is 5.78 Å². The van der Waals surface area contributed by atoms with Crippen LogP contribution in [0.5, 0.6) is 0 Å². The third-order valence-corrected chi connectivity index (χ3v) is 8.52. The molecule has 3 nitrogen and oxygen atoms in total. The number of hydrogen-bond donors (Lipinski definition) is 0. The van der Waals surface area contributed by atoms with Crippen molar-refractivity contribution in [3.05, 3.63) is 36.5 Å². The van der Waals surface area contributed by atoms with Crippen LogP contribution in [-0.4, -0.2) is 17.3 Å². The van der Waals surface area contributed by atoms with E-state index in [9.17, 15) is 14.4 Å². The molecule has 0 unspecified atom stereocenters. The highest BCUT2D eigenvalue weighted by atomic mass is 16.1. The Morgan fingerprint density at radius 2 is 1.96 bits per heavy atom. The Balaban J connectivity index is 1.59. The molecule has 0 bridgehead atoms. The van der Waals surface area contributed by atoms with Crippen molar-refractivity contribution >= 4 is 17.3 Å². The highest BCUT2D eigenvalue weighted by molar-refractivity contribution is 6.05. The molecular weight excluding hydrogens is 336 g/mol. The zero-order chi connectivity index (χ0) is 19.4. The third kappa shape index (κ3) is 2.73. The average molecular weight is 367 g/mol. The van der Waals surface area contributed by atoms with Gasteiger partial charge in [-0.3, -0.25) is 14.4 Å². The third-order valence-electron chi connectivity index (χ3n) is 8.52. The van der Waals surface area contributed by atoms with E-state index in [1.54, 1.807) is 6.08 Å². The van der Waals surface area contributed by atoms with E-state index >= 15 is 0 Å². The van der Waals surface area contributed by atoms with Crippen LogP contribution in [0, 0.1) is 34.5 Å². The summed E-state index contributed by atoms with van der Waals surface area (Å²) in [7, 11) is 0. The lowest BCUT2D eigenvalue weighted by Gasteiger charge is -2.57. The van der Waals surface area contributed by atoms with Crippen molar-refractivity contribution in [2.24, 2.45) is 34.5 Å². The van der Waals surface area contributed by atoms with Crippen LogP contribution in [0.4, 0.5) is 0 Å². The van der Waals surface area contributed by atoms with Gasteiger partial charge < -0.3 is 0 Å². The molecule has 0 aromatic heterocycles. The summed E-state index contributed by atoms with van der Waals surface area (Å²) in [6.45, 7) is 8.12. The first kappa shape index (κ1) is 18.6. The van der Waals surface area contributed by atoms with Crippen LogP contribution in [0.2, 0.25) is 0 Å². The van der Waals surface area contributed by atoms with Crippen LogP contribution in [0.25, 0.3) is 0 Å². The molecule has 0 saturated heterocycles. The maximum absolute atomic E-state index is 12.8. The Morgan fingerprint density at radius 1 is 1.19 bits per heavy atom. The summed E-state index contributed by atoms with van der Waals surface area (Å²) in [5.74, 6) is 1.82. The summed E-state index contributed by atoms with van der Waals surface area (Å²) in [5, 5.41) is 0. The normalized spacial score (nSPS) is 42.6. The summed E-state index contributed by atoms with van der Waals surface area (Å²) >= 11 is 0. The lowest BCUT2D eigenvalue weighted by Crippen LogP contribution is -2.50. The molecule has 0 heterocycles. The first-order valence-corrected chi connectivity index (χ1v) is 10.4. The molecular formula is C24H30O3. The van der Waals surface area contributed by atoms with Gasteiger partial charge in [-0.2, -0.15) is 0 Å². The number of rotatable bonds is 4. The van der Waals surface area contributed by atoms with Crippen LogP contribution >= 0.6 is 0 Å². The fraction of sp³-hybridized carbons (Fsp3) is 0.625. The number of hydrogen-bond acceptors (Lipinski definition) is 3. The largest absolute Gasteiger partial charge is 0.299 e. The molecule has 4 aliphatic carbocycles. The van der Waals surface area contributed by atoms with Gasteiger partial charge in [0.15, 0.2) is 11.6 Å². The number of allylic oxidation sites excluding steroid dienone is 5. The first-order chi connectivity index (χ1) is 12.8. The molecule has 0 N–H and O–H groups in total. The molecule has 6 atom stereocenters. The van der Waals surface area contributed by atoms with Gasteiger partial charge in [0.05, 0.1) is 6.42 Å². The van der Waals surface area contributed by atoms with Crippen molar-refractivity contribution < 1.29 is 14.4 Å². The average Bonchev–Trinajstić information content (AvgIpc) is 2.99. The Labute approximate surface area is 162 Å². The lowest BCUT2D eigenvalue weighted by molar-refractivity contribution is -0.132. The summed E-state index contributed by atoms with van der Waals surface area (Å²) in [5.41, 5.74) is 1.33. The minimum atomic E-state index is -0.155. The second kappa shape index (κ2) is 6.39. The SMILES string of the molecule is C=CC(=O)CC(=O)[C@H]1CC[C@H]2[C@@H]3CCC4=CC(=O)C=C[C@]4(C)[C@H]3CC[C@]12C. The number of Topliss-reactive ketones (excluding diaryl/α,β-unsaturated/α-hetero) is 1. The zero-order valence-corrected chi connectivity index (χ0v) is 16.5. The minimum absolute atomic E-state index is 0.000934. The number of carbonyl (C=O) groups excluding carboxylic acids is 3. The summed E-state index contributed by atoms with van der Waals surface area (Å²) in [6.07, 6.45) is 13.3. The number of ketones is 3. The highest BCUT2D eigenvalue weighted by Crippen LogP contribution is 2.66. The van der Waals surface area contributed by atoms with Crippen LogP contribution in [0.1, 0.15) is 58.8 Å². The van der Waals surface area contributed by atoms with Gasteiger partial charge in [0.25, 0.3) is 0 Å². The predicted molar refractivity (Wildman–Crippen MR) is 105 cm³/mol. The molecule has 4 rings (SSSR count). The van der Waals surface area contributed by atoms with Gasteiger partial charge in [-0.05, 0) is 79.9 Å². The van der Waals surface area contributed by atoms with Crippen molar-refractivity contribution in [1.82, 2.24) is 0 Å².